The first-order valence-corrected chi connectivity index (χ1v) is 23.9. The third-order valence-electron chi connectivity index (χ3n) is 7.41. The molecule has 0 saturated heterocycles. The Labute approximate surface area is 524 Å². The van der Waals surface area contributed by atoms with Crippen molar-refractivity contribution in [2.45, 2.75) is 20.4 Å². The van der Waals surface area contributed by atoms with Crippen molar-refractivity contribution in [3.63, 3.8) is 0 Å². The maximum Gasteiger partial charge on any atom is 0.0960 e. The molecule has 0 aliphatic heterocycles. The fourth-order valence-electron chi connectivity index (χ4n) is 4.33. The van der Waals surface area contributed by atoms with Crippen LogP contribution in [-0.2, 0) is 6.54 Å². The van der Waals surface area contributed by atoms with Crippen LogP contribution >= 0.6 is 0 Å². The molecule has 0 aliphatic rings. The van der Waals surface area contributed by atoms with Crippen molar-refractivity contribution < 1.29 is 0 Å². The summed E-state index contributed by atoms with van der Waals surface area (Å²) < 4.78 is 0. The molecule has 0 atom stereocenters. The van der Waals surface area contributed by atoms with Crippen LogP contribution in [0, 0.1) is 414 Å². The zero-order chi connectivity index (χ0) is 63.2. The molecular formula is C86H19N3. The van der Waals surface area contributed by atoms with E-state index < -0.39 is 0 Å². The number of hydrogen-bond acceptors (Lipinski definition) is 2. The Hall–Kier alpha value is -17.5. The highest BCUT2D eigenvalue weighted by Crippen LogP contribution is 2.29. The summed E-state index contributed by atoms with van der Waals surface area (Å²) in [6.07, 6.45) is 1.72. The van der Waals surface area contributed by atoms with Crippen molar-refractivity contribution in [3.05, 3.63) is 54.4 Å². The van der Waals surface area contributed by atoms with Gasteiger partial charge in [0.15, 0.2) is 0 Å². The predicted molar refractivity (Wildman–Crippen MR) is 353 cm³/mol. The van der Waals surface area contributed by atoms with E-state index in [0.29, 0.717) is 6.54 Å². The van der Waals surface area contributed by atoms with E-state index in [2.05, 4.69) is 443 Å². The number of hydrogen-bond donors (Lipinski definition) is 2. The minimum absolute atomic E-state index is 0.539. The van der Waals surface area contributed by atoms with Crippen molar-refractivity contribution >= 4 is 11.0 Å². The topological polar surface area (TPSA) is 54.7 Å². The number of aromatic nitrogens is 2. The molecule has 378 valence electrons. The first-order chi connectivity index (χ1) is 44.3. The van der Waals surface area contributed by atoms with Crippen LogP contribution in [0.15, 0.2) is 48.8 Å². The highest BCUT2D eigenvalue weighted by molar-refractivity contribution is 5.92. The van der Waals surface area contributed by atoms with Crippen LogP contribution < -0.4 is 5.73 Å². The van der Waals surface area contributed by atoms with E-state index in [4.69, 9.17) is 5.73 Å². The highest BCUT2D eigenvalue weighted by atomic mass is 14.9. The molecule has 0 saturated carbocycles. The summed E-state index contributed by atoms with van der Waals surface area (Å²) in [4.78, 5) is 7.50. The molecule has 0 spiro atoms. The molecule has 1 heterocycles. The lowest BCUT2D eigenvalue weighted by molar-refractivity contribution is 1.07. The maximum atomic E-state index is 5.78. The first-order valence-electron chi connectivity index (χ1n) is 23.9. The van der Waals surface area contributed by atoms with Gasteiger partial charge in [-0.1, -0.05) is 48.2 Å². The number of aromatic amines is 1. The van der Waals surface area contributed by atoms with E-state index in [1.54, 1.807) is 20.2 Å². The minimum Gasteiger partial charge on any atom is -0.345 e. The van der Waals surface area contributed by atoms with Gasteiger partial charge in [0, 0.05) is 320 Å². The summed E-state index contributed by atoms with van der Waals surface area (Å²) in [5.41, 5.74) is 11.3. The number of rotatable bonds is 2. The minimum atomic E-state index is 0.539. The molecule has 0 unspecified atom stereocenters. The van der Waals surface area contributed by atoms with Crippen molar-refractivity contribution in [2.75, 3.05) is 0 Å². The SMILES string of the molecule is CC#CC#CC#CC#CC#CC#CC#CC#CC#CC#CC#CC#CC#CC#CC#CC#CC#CC#CC#CC#CC#CC#CC#CC#CC#CC#CC#CC#CC#CC#CC#CC#CC#CC#CC#CC.NCc1ccccc1-c1cccc2[nH]cnc12. The molecule has 89 heavy (non-hydrogen) atoms. The Morgan fingerprint density at radius 1 is 0.247 bits per heavy atom. The number of benzene rings is 2. The maximum absolute atomic E-state index is 5.78. The number of imidazole rings is 1. The molecule has 1 aromatic heterocycles. The van der Waals surface area contributed by atoms with Crippen LogP contribution in [0.3, 0.4) is 0 Å². The van der Waals surface area contributed by atoms with Crippen LogP contribution in [0.2, 0.25) is 0 Å². The van der Waals surface area contributed by atoms with E-state index >= 15 is 0 Å². The molecule has 0 radical (unpaired) electrons. The van der Waals surface area contributed by atoms with Gasteiger partial charge in [-0.15, -0.1) is 0 Å². The summed E-state index contributed by atoms with van der Waals surface area (Å²) in [5.74, 6) is 176. The van der Waals surface area contributed by atoms with Gasteiger partial charge < -0.3 is 10.7 Å². The van der Waals surface area contributed by atoms with Crippen molar-refractivity contribution in [1.29, 1.82) is 0 Å². The Kier molecular flexibility index (Phi) is 41.9. The molecule has 0 amide bonds. The Morgan fingerprint density at radius 3 is 0.640 bits per heavy atom. The molecule has 3 nitrogen and oxygen atoms in total. The molecule has 2 aromatic carbocycles. The summed E-state index contributed by atoms with van der Waals surface area (Å²) >= 11 is 0. The standard InChI is InChI=1S/C72H6.C14H13N3/c1-3-5-7-9-11-13-15-17-19-21-23-25-27-29-31-33-35-37-39-41-43-45-47-49-51-53-55-57-59-61-63-65-67-69-71-72-70-68-66-64-62-60-58-56-54-52-50-48-46-44-42-40-38-36-34-32-30-28-26-24-22-20-18-16-14-12-10-8-6-4-2;15-8-10-4-1-2-5-11(10)12-6-3-7-13-14(12)17-9-16-13/h1-2H3;1-7,9H,8,15H2,(H,16,17). The second-order valence-corrected chi connectivity index (χ2v) is 13.0. The van der Waals surface area contributed by atoms with Gasteiger partial charge in [0.2, 0.25) is 0 Å². The molecule has 3 rings (SSSR count). The largest absolute Gasteiger partial charge is 0.345 e. The zero-order valence-corrected chi connectivity index (χ0v) is 46.4. The second kappa shape index (κ2) is 55.2. The summed E-state index contributed by atoms with van der Waals surface area (Å²) in [6, 6.07) is 14.3. The second-order valence-electron chi connectivity index (χ2n) is 13.0. The van der Waals surface area contributed by atoms with Crippen molar-refractivity contribution in [3.8, 4) is 426 Å². The molecule has 0 aliphatic carbocycles. The van der Waals surface area contributed by atoms with Gasteiger partial charge in [-0.2, -0.15) is 0 Å². The summed E-state index contributed by atoms with van der Waals surface area (Å²) in [5, 5.41) is 0. The lowest BCUT2D eigenvalue weighted by Gasteiger charge is -2.08. The molecule has 3 aromatic rings. The van der Waals surface area contributed by atoms with Gasteiger partial charge in [-0.3, -0.25) is 0 Å². The zero-order valence-electron chi connectivity index (χ0n) is 46.4. The van der Waals surface area contributed by atoms with Crippen LogP contribution in [-0.4, -0.2) is 9.97 Å². The number of H-pyrrole nitrogens is 1. The fourth-order valence-corrected chi connectivity index (χ4v) is 4.33. The van der Waals surface area contributed by atoms with Gasteiger partial charge in [-0.05, 0) is 126 Å². The Bertz CT molecular complexity index is 5550. The van der Waals surface area contributed by atoms with E-state index in [0.717, 1.165) is 27.7 Å². The third kappa shape index (κ3) is 42.2. The van der Waals surface area contributed by atoms with Gasteiger partial charge in [0.25, 0.3) is 0 Å². The van der Waals surface area contributed by atoms with Gasteiger partial charge in [-0.25, -0.2) is 4.98 Å². The molecular weight excluding hydrogens is 1070 g/mol. The highest BCUT2D eigenvalue weighted by Gasteiger charge is 2.08. The lowest BCUT2D eigenvalue weighted by atomic mass is 9.98. The average Bonchev–Trinajstić information content (AvgIpc) is 2.77. The number of fused-ring (bicyclic) bond motifs is 1. The molecule has 3 N–H and O–H groups in total. The lowest BCUT2D eigenvalue weighted by Crippen LogP contribution is -1.98. The number of para-hydroxylation sites is 1. The summed E-state index contributed by atoms with van der Waals surface area (Å²) in [6.45, 7) is 3.91. The van der Waals surface area contributed by atoms with Crippen molar-refractivity contribution in [2.24, 2.45) is 5.73 Å². The van der Waals surface area contributed by atoms with E-state index in [1.165, 1.54) is 0 Å². The molecule has 0 fully saturated rings. The Morgan fingerprint density at radius 2 is 0.438 bits per heavy atom. The molecule has 3 heteroatoms. The summed E-state index contributed by atoms with van der Waals surface area (Å²) in [7, 11) is 0. The number of nitrogens with two attached hydrogens (primary N) is 1. The normalized spacial score (nSPS) is 5.29. The van der Waals surface area contributed by atoms with Gasteiger partial charge in [0.05, 0.1) is 17.4 Å². The first kappa shape index (κ1) is 67.6. The van der Waals surface area contributed by atoms with Crippen LogP contribution in [0.1, 0.15) is 19.4 Å². The van der Waals surface area contributed by atoms with Gasteiger partial charge in [0.1, 0.15) is 0 Å². The van der Waals surface area contributed by atoms with Crippen LogP contribution in [0.25, 0.3) is 22.2 Å². The smallest absolute Gasteiger partial charge is 0.0960 e. The van der Waals surface area contributed by atoms with E-state index in [9.17, 15) is 0 Å². The predicted octanol–water partition coefficient (Wildman–Crippen LogP) is 3.83. The quantitative estimate of drug-likeness (QED) is 0.384. The van der Waals surface area contributed by atoms with Gasteiger partial charge >= 0.3 is 0 Å². The van der Waals surface area contributed by atoms with Crippen LogP contribution in [0.4, 0.5) is 0 Å². The van der Waals surface area contributed by atoms with Crippen molar-refractivity contribution in [1.82, 2.24) is 9.97 Å². The number of nitrogens with one attached hydrogen (secondary N) is 1. The van der Waals surface area contributed by atoms with E-state index in [-0.39, 0.29) is 0 Å². The van der Waals surface area contributed by atoms with E-state index in [1.807, 2.05) is 24.3 Å². The molecule has 0 bridgehead atoms. The monoisotopic (exact) mass is 1090 g/mol. The fraction of sp³-hybridized carbons (Fsp3) is 0.0349. The average molecular weight is 1090 g/mol. The Balaban J connectivity index is 0.00000133. The third-order valence-corrected chi connectivity index (χ3v) is 7.41. The number of nitrogens with zero attached hydrogens (tertiary/aromatic N) is 1. The van der Waals surface area contributed by atoms with Crippen LogP contribution in [0.5, 0.6) is 0 Å².